The van der Waals surface area contributed by atoms with Gasteiger partial charge in [-0.1, -0.05) is 41.6 Å². The second-order valence-corrected chi connectivity index (χ2v) is 9.30. The van der Waals surface area contributed by atoms with Gasteiger partial charge in [0.1, 0.15) is 0 Å². The number of thioether (sulfide) groups is 1. The third-order valence-electron chi connectivity index (χ3n) is 5.33. The van der Waals surface area contributed by atoms with Crippen LogP contribution in [0.5, 0.6) is 0 Å². The van der Waals surface area contributed by atoms with Gasteiger partial charge in [-0.3, -0.25) is 9.36 Å². The largest absolute Gasteiger partial charge is 0.376 e. The van der Waals surface area contributed by atoms with E-state index in [1.807, 2.05) is 61.5 Å². The van der Waals surface area contributed by atoms with E-state index < -0.39 is 0 Å². The number of anilines is 1. The van der Waals surface area contributed by atoms with Crippen LogP contribution in [0.4, 0.5) is 5.69 Å². The normalized spacial score (nSPS) is 16.9. The molecule has 0 radical (unpaired) electrons. The van der Waals surface area contributed by atoms with E-state index in [1.165, 1.54) is 11.8 Å². The first kappa shape index (κ1) is 21.9. The van der Waals surface area contributed by atoms with Gasteiger partial charge in [-0.05, 0) is 56.2 Å². The molecule has 6 nitrogen and oxygen atoms in total. The zero-order valence-electron chi connectivity index (χ0n) is 17.6. The Bertz CT molecular complexity index is 1020. The smallest absolute Gasteiger partial charge is 0.240 e. The molecule has 0 saturated carbocycles. The maximum absolute atomic E-state index is 13.0. The van der Waals surface area contributed by atoms with Crippen LogP contribution in [0.2, 0.25) is 5.02 Å². The number of carbonyl (C=O) groups excluding carboxylic acids is 1. The van der Waals surface area contributed by atoms with Crippen LogP contribution in [0.3, 0.4) is 0 Å². The Morgan fingerprint density at radius 1 is 1.23 bits per heavy atom. The van der Waals surface area contributed by atoms with Gasteiger partial charge >= 0.3 is 0 Å². The summed E-state index contributed by atoms with van der Waals surface area (Å²) in [6, 6.07) is 17.2. The maximum Gasteiger partial charge on any atom is 0.240 e. The Morgan fingerprint density at radius 3 is 2.65 bits per heavy atom. The average molecular weight is 457 g/mol. The number of halogens is 1. The third-order valence-corrected chi connectivity index (χ3v) is 6.65. The van der Waals surface area contributed by atoms with Gasteiger partial charge in [-0.15, -0.1) is 10.2 Å². The number of amides is 1. The highest BCUT2D eigenvalue weighted by Crippen LogP contribution is 2.30. The molecule has 1 aliphatic rings. The summed E-state index contributed by atoms with van der Waals surface area (Å²) in [7, 11) is 1.80. The lowest BCUT2D eigenvalue weighted by Gasteiger charge is -2.21. The summed E-state index contributed by atoms with van der Waals surface area (Å²) < 4.78 is 7.92. The minimum absolute atomic E-state index is 0.0101. The summed E-state index contributed by atoms with van der Waals surface area (Å²) in [6.07, 6.45) is 2.19. The fraction of sp³-hybridized carbons (Fsp3) is 0.348. The molecule has 1 aromatic heterocycles. The van der Waals surface area contributed by atoms with Gasteiger partial charge in [-0.25, -0.2) is 0 Å². The summed E-state index contributed by atoms with van der Waals surface area (Å²) in [5.74, 6) is 0.765. The highest BCUT2D eigenvalue weighted by Gasteiger charge is 2.26. The summed E-state index contributed by atoms with van der Waals surface area (Å²) in [4.78, 5) is 14.7. The maximum atomic E-state index is 13.0. The number of rotatable bonds is 7. The Hall–Kier alpha value is -2.35. The van der Waals surface area contributed by atoms with E-state index in [-0.39, 0.29) is 17.3 Å². The van der Waals surface area contributed by atoms with Crippen molar-refractivity contribution in [2.45, 2.75) is 42.8 Å². The molecule has 2 atom stereocenters. The fourth-order valence-corrected chi connectivity index (χ4v) is 4.68. The van der Waals surface area contributed by atoms with Gasteiger partial charge in [0.05, 0.1) is 17.9 Å². The molecule has 4 rings (SSSR count). The van der Waals surface area contributed by atoms with Gasteiger partial charge in [0.15, 0.2) is 11.0 Å². The van der Waals surface area contributed by atoms with Gasteiger partial charge in [-0.2, -0.15) is 0 Å². The molecule has 2 aromatic carbocycles. The van der Waals surface area contributed by atoms with Crippen molar-refractivity contribution in [1.82, 2.24) is 14.8 Å². The minimum atomic E-state index is -0.323. The summed E-state index contributed by atoms with van der Waals surface area (Å²) in [5, 5.41) is 9.93. The highest BCUT2D eigenvalue weighted by molar-refractivity contribution is 8.00. The molecule has 3 aromatic rings. The van der Waals surface area contributed by atoms with Gasteiger partial charge < -0.3 is 9.64 Å². The number of carbonyl (C=O) groups is 1. The first-order valence-corrected chi connectivity index (χ1v) is 11.6. The lowest BCUT2D eigenvalue weighted by molar-refractivity contribution is -0.117. The quantitative estimate of drug-likeness (QED) is 0.472. The van der Waals surface area contributed by atoms with Crippen molar-refractivity contribution >= 4 is 35.0 Å². The topological polar surface area (TPSA) is 60.2 Å². The number of benzene rings is 2. The number of para-hydroxylation sites is 1. The molecule has 0 bridgehead atoms. The van der Waals surface area contributed by atoms with Crippen molar-refractivity contribution in [3.05, 3.63) is 59.6 Å². The lowest BCUT2D eigenvalue weighted by atomic mass is 10.2. The molecule has 1 amide bonds. The monoisotopic (exact) mass is 456 g/mol. The van der Waals surface area contributed by atoms with Crippen LogP contribution in [0.25, 0.3) is 11.4 Å². The predicted octanol–water partition coefficient (Wildman–Crippen LogP) is 4.92. The molecule has 1 saturated heterocycles. The first-order chi connectivity index (χ1) is 15.0. The summed E-state index contributed by atoms with van der Waals surface area (Å²) in [6.45, 7) is 3.34. The highest BCUT2D eigenvalue weighted by atomic mass is 35.5. The number of ether oxygens (including phenoxy) is 1. The van der Waals surface area contributed by atoms with Crippen LogP contribution < -0.4 is 4.90 Å². The van der Waals surface area contributed by atoms with Crippen LogP contribution in [0.1, 0.15) is 19.8 Å². The Kier molecular flexibility index (Phi) is 6.95. The van der Waals surface area contributed by atoms with Crippen LogP contribution >= 0.6 is 23.4 Å². The van der Waals surface area contributed by atoms with Crippen LogP contribution in [-0.2, 0) is 16.1 Å². The third kappa shape index (κ3) is 5.11. The van der Waals surface area contributed by atoms with E-state index in [2.05, 4.69) is 14.8 Å². The van der Waals surface area contributed by atoms with Gasteiger partial charge in [0.25, 0.3) is 0 Å². The molecule has 0 unspecified atom stereocenters. The van der Waals surface area contributed by atoms with E-state index >= 15 is 0 Å². The van der Waals surface area contributed by atoms with Crippen LogP contribution in [0, 0.1) is 0 Å². The molecule has 31 heavy (non-hydrogen) atoms. The SMILES string of the molecule is C[C@@H](Sc1nnc(-c2ccc(Cl)cc2)n1C[C@@H]1CCCO1)C(=O)N(C)c1ccccc1. The van der Waals surface area contributed by atoms with Crippen LogP contribution in [0.15, 0.2) is 59.8 Å². The van der Waals surface area contributed by atoms with Gasteiger partial charge in [0.2, 0.25) is 5.91 Å². The zero-order valence-corrected chi connectivity index (χ0v) is 19.1. The van der Waals surface area contributed by atoms with Crippen molar-refractivity contribution in [3.8, 4) is 11.4 Å². The molecule has 1 fully saturated rings. The molecule has 0 spiro atoms. The first-order valence-electron chi connectivity index (χ1n) is 10.3. The molecule has 0 aliphatic carbocycles. The van der Waals surface area contributed by atoms with E-state index in [0.717, 1.165) is 36.5 Å². The van der Waals surface area contributed by atoms with Crippen molar-refractivity contribution < 1.29 is 9.53 Å². The van der Waals surface area contributed by atoms with Gasteiger partial charge in [0, 0.05) is 29.9 Å². The van der Waals surface area contributed by atoms with Crippen molar-refractivity contribution in [2.75, 3.05) is 18.6 Å². The Balaban J connectivity index is 1.58. The molecule has 0 N–H and O–H groups in total. The standard InChI is InChI=1S/C23H25ClN4O2S/c1-16(22(29)27(2)19-7-4-3-5-8-19)31-23-26-25-21(17-10-12-18(24)13-11-17)28(23)15-20-9-6-14-30-20/h3-5,7-8,10-13,16,20H,6,9,14-15H2,1-2H3/t16-,20+/m1/s1. The fourth-order valence-electron chi connectivity index (χ4n) is 3.61. The number of hydrogen-bond donors (Lipinski definition) is 0. The molecular weight excluding hydrogens is 432 g/mol. The molecule has 2 heterocycles. The van der Waals surface area contributed by atoms with E-state index in [9.17, 15) is 4.79 Å². The molecule has 162 valence electrons. The number of aromatic nitrogens is 3. The van der Waals surface area contributed by atoms with E-state index in [4.69, 9.17) is 16.3 Å². The molecule has 1 aliphatic heterocycles. The average Bonchev–Trinajstić information content (AvgIpc) is 3.45. The second kappa shape index (κ2) is 9.85. The number of nitrogens with zero attached hydrogens (tertiary/aromatic N) is 4. The zero-order chi connectivity index (χ0) is 21.8. The minimum Gasteiger partial charge on any atom is -0.376 e. The summed E-state index contributed by atoms with van der Waals surface area (Å²) in [5.41, 5.74) is 1.80. The Morgan fingerprint density at radius 2 is 1.97 bits per heavy atom. The van der Waals surface area contributed by atoms with Crippen molar-refractivity contribution in [3.63, 3.8) is 0 Å². The second-order valence-electron chi connectivity index (χ2n) is 7.55. The van der Waals surface area contributed by atoms with E-state index in [1.54, 1.807) is 11.9 Å². The number of hydrogen-bond acceptors (Lipinski definition) is 5. The Labute approximate surface area is 191 Å². The van der Waals surface area contributed by atoms with E-state index in [0.29, 0.717) is 16.7 Å². The molecular formula is C23H25ClN4O2S. The van der Waals surface area contributed by atoms with Crippen molar-refractivity contribution in [2.24, 2.45) is 0 Å². The molecule has 8 heteroatoms. The summed E-state index contributed by atoms with van der Waals surface area (Å²) >= 11 is 7.48. The van der Waals surface area contributed by atoms with Crippen molar-refractivity contribution in [1.29, 1.82) is 0 Å². The van der Waals surface area contributed by atoms with Crippen LogP contribution in [-0.4, -0.2) is 45.7 Å². The lowest BCUT2D eigenvalue weighted by Crippen LogP contribution is -2.33. The predicted molar refractivity (Wildman–Crippen MR) is 125 cm³/mol.